The van der Waals surface area contributed by atoms with Gasteiger partial charge in [0.05, 0.1) is 13.3 Å². The summed E-state index contributed by atoms with van der Waals surface area (Å²) in [5.41, 5.74) is 11.9. The van der Waals surface area contributed by atoms with Gasteiger partial charge in [-0.05, 0) is 36.3 Å². The van der Waals surface area contributed by atoms with E-state index in [1.54, 1.807) is 6.07 Å². The van der Waals surface area contributed by atoms with Gasteiger partial charge in [0.1, 0.15) is 16.4 Å². The van der Waals surface area contributed by atoms with Gasteiger partial charge in [-0.25, -0.2) is 18.5 Å². The number of nitrogen functional groups attached to an aromatic ring is 2. The zero-order valence-corrected chi connectivity index (χ0v) is 18.3. The van der Waals surface area contributed by atoms with E-state index >= 15 is 0 Å². The van der Waals surface area contributed by atoms with Gasteiger partial charge in [0.25, 0.3) is 0 Å². The van der Waals surface area contributed by atoms with Crippen LogP contribution in [0.5, 0.6) is 17.2 Å². The molecule has 0 amide bonds. The number of anilines is 2. The fourth-order valence-corrected chi connectivity index (χ4v) is 4.30. The number of hydrogen-bond acceptors (Lipinski definition) is 9. The van der Waals surface area contributed by atoms with Gasteiger partial charge < -0.3 is 20.9 Å². The standard InChI is InChI=1S/C14H19N5O4S.C4H8S/c1-7(2)8-4-10(22-3)12(24(17,20)21)5-9(8)23-11-6-18-14(16)19-13(11)15;1-2-4-5-3-1/h4-7H,1-3H3,(H2,17,20,21)(H4,15,16,18,19);1-4H2. The smallest absolute Gasteiger partial charge is 0.241 e. The van der Waals surface area contributed by atoms with E-state index in [-0.39, 0.29) is 39.8 Å². The molecule has 29 heavy (non-hydrogen) atoms. The molecule has 11 heteroatoms. The van der Waals surface area contributed by atoms with Gasteiger partial charge in [-0.15, -0.1) is 0 Å². The summed E-state index contributed by atoms with van der Waals surface area (Å²) >= 11 is 2.07. The molecule has 0 aliphatic carbocycles. The Morgan fingerprint density at radius 2 is 1.76 bits per heavy atom. The molecule has 9 nitrogen and oxygen atoms in total. The number of aromatic nitrogens is 2. The number of primary sulfonamides is 1. The number of nitrogens with zero attached hydrogens (tertiary/aromatic N) is 2. The van der Waals surface area contributed by atoms with Gasteiger partial charge in [-0.3, -0.25) is 0 Å². The molecule has 3 rings (SSSR count). The summed E-state index contributed by atoms with van der Waals surface area (Å²) in [6.07, 6.45) is 4.23. The Balaban J connectivity index is 0.000000521. The first-order valence-electron chi connectivity index (χ1n) is 9.01. The average molecular weight is 442 g/mol. The lowest BCUT2D eigenvalue weighted by Gasteiger charge is -2.17. The molecule has 0 spiro atoms. The second-order valence-corrected chi connectivity index (χ2v) is 9.39. The SMILES string of the molecule is C1CCSC1.COc1cc(C(C)C)c(Oc2cnc(N)nc2N)cc1S(N)(=O)=O. The van der Waals surface area contributed by atoms with Gasteiger partial charge >= 0.3 is 0 Å². The van der Waals surface area contributed by atoms with Crippen LogP contribution in [-0.4, -0.2) is 37.0 Å². The summed E-state index contributed by atoms with van der Waals surface area (Å²) in [5.74, 6) is 3.43. The number of ether oxygens (including phenoxy) is 2. The van der Waals surface area contributed by atoms with Crippen LogP contribution < -0.4 is 26.1 Å². The Kier molecular flexibility index (Phi) is 7.94. The van der Waals surface area contributed by atoms with Crippen molar-refractivity contribution < 1.29 is 17.9 Å². The van der Waals surface area contributed by atoms with E-state index in [4.69, 9.17) is 26.1 Å². The molecule has 0 unspecified atom stereocenters. The molecule has 0 bridgehead atoms. The van der Waals surface area contributed by atoms with Crippen molar-refractivity contribution >= 4 is 33.6 Å². The van der Waals surface area contributed by atoms with Crippen molar-refractivity contribution in [1.29, 1.82) is 0 Å². The minimum Gasteiger partial charge on any atom is -0.495 e. The van der Waals surface area contributed by atoms with Gasteiger partial charge in [0.2, 0.25) is 16.0 Å². The minimum atomic E-state index is -4.01. The molecule has 0 saturated carbocycles. The van der Waals surface area contributed by atoms with Crippen molar-refractivity contribution in [2.24, 2.45) is 5.14 Å². The number of nitrogens with two attached hydrogens (primary N) is 3. The molecule has 2 heterocycles. The zero-order valence-electron chi connectivity index (χ0n) is 16.7. The van der Waals surface area contributed by atoms with Crippen LogP contribution in [0, 0.1) is 0 Å². The zero-order chi connectivity index (χ0) is 21.6. The summed E-state index contributed by atoms with van der Waals surface area (Å²) in [4.78, 5) is 7.42. The van der Waals surface area contributed by atoms with Crippen molar-refractivity contribution in [2.45, 2.75) is 37.5 Å². The molecule has 1 fully saturated rings. The largest absolute Gasteiger partial charge is 0.495 e. The van der Waals surface area contributed by atoms with E-state index in [0.29, 0.717) is 5.56 Å². The number of rotatable bonds is 5. The van der Waals surface area contributed by atoms with Crippen LogP contribution in [0.1, 0.15) is 38.2 Å². The Hall–Kier alpha value is -2.24. The van der Waals surface area contributed by atoms with Crippen LogP contribution in [0.4, 0.5) is 11.8 Å². The summed E-state index contributed by atoms with van der Waals surface area (Å²) in [7, 11) is -2.65. The van der Waals surface area contributed by atoms with Crippen molar-refractivity contribution in [2.75, 3.05) is 30.1 Å². The molecular weight excluding hydrogens is 414 g/mol. The highest BCUT2D eigenvalue weighted by Gasteiger charge is 2.22. The molecular formula is C18H27N5O4S2. The molecule has 1 aromatic heterocycles. The first-order valence-corrected chi connectivity index (χ1v) is 11.7. The molecule has 1 saturated heterocycles. The Morgan fingerprint density at radius 1 is 1.10 bits per heavy atom. The average Bonchev–Trinajstić information content (AvgIpc) is 3.22. The fraction of sp³-hybridized carbons (Fsp3) is 0.444. The van der Waals surface area contributed by atoms with Crippen molar-refractivity contribution in [3.05, 3.63) is 23.9 Å². The van der Waals surface area contributed by atoms with Crippen LogP contribution in [0.3, 0.4) is 0 Å². The molecule has 2 aromatic rings. The van der Waals surface area contributed by atoms with Crippen LogP contribution in [0.15, 0.2) is 23.2 Å². The summed E-state index contributed by atoms with van der Waals surface area (Å²) in [6, 6.07) is 2.85. The highest BCUT2D eigenvalue weighted by atomic mass is 32.2. The first-order chi connectivity index (χ1) is 13.6. The van der Waals surface area contributed by atoms with E-state index < -0.39 is 10.0 Å². The maximum Gasteiger partial charge on any atom is 0.241 e. The van der Waals surface area contributed by atoms with Crippen LogP contribution in [0.2, 0.25) is 0 Å². The quantitative estimate of drug-likeness (QED) is 0.634. The predicted molar refractivity (Wildman–Crippen MR) is 116 cm³/mol. The lowest BCUT2D eigenvalue weighted by atomic mass is 10.0. The Labute approximate surface area is 175 Å². The highest BCUT2D eigenvalue weighted by Crippen LogP contribution is 2.38. The van der Waals surface area contributed by atoms with E-state index in [2.05, 4.69) is 21.7 Å². The van der Waals surface area contributed by atoms with Crippen molar-refractivity contribution in [3.8, 4) is 17.2 Å². The van der Waals surface area contributed by atoms with Gasteiger partial charge in [-0.2, -0.15) is 16.7 Å². The lowest BCUT2D eigenvalue weighted by Crippen LogP contribution is -2.14. The third-order valence-electron chi connectivity index (χ3n) is 4.07. The number of methoxy groups -OCH3 is 1. The maximum atomic E-state index is 11.8. The third-order valence-corrected chi connectivity index (χ3v) is 6.16. The number of hydrogen-bond donors (Lipinski definition) is 3. The van der Waals surface area contributed by atoms with Crippen molar-refractivity contribution in [1.82, 2.24) is 9.97 Å². The summed E-state index contributed by atoms with van der Waals surface area (Å²) in [6.45, 7) is 3.84. The number of benzene rings is 1. The lowest BCUT2D eigenvalue weighted by molar-refractivity contribution is 0.398. The maximum absolute atomic E-state index is 11.8. The minimum absolute atomic E-state index is 0.00360. The second kappa shape index (κ2) is 9.99. The normalized spacial score (nSPS) is 13.7. The van der Waals surface area contributed by atoms with E-state index in [1.807, 2.05) is 13.8 Å². The summed E-state index contributed by atoms with van der Waals surface area (Å²) in [5, 5.41) is 5.24. The number of sulfonamides is 1. The van der Waals surface area contributed by atoms with Crippen LogP contribution in [0.25, 0.3) is 0 Å². The molecule has 0 radical (unpaired) electrons. The first kappa shape index (κ1) is 23.0. The third kappa shape index (κ3) is 6.38. The topological polar surface area (TPSA) is 156 Å². The van der Waals surface area contributed by atoms with Crippen molar-refractivity contribution in [3.63, 3.8) is 0 Å². The monoisotopic (exact) mass is 441 g/mol. The van der Waals surface area contributed by atoms with Gasteiger partial charge in [-0.1, -0.05) is 13.8 Å². The van der Waals surface area contributed by atoms with E-state index in [9.17, 15) is 8.42 Å². The predicted octanol–water partition coefficient (Wildman–Crippen LogP) is 2.73. The molecule has 1 aromatic carbocycles. The highest BCUT2D eigenvalue weighted by molar-refractivity contribution is 7.99. The van der Waals surface area contributed by atoms with Crippen LogP contribution in [-0.2, 0) is 10.0 Å². The Morgan fingerprint density at radius 3 is 2.21 bits per heavy atom. The second-order valence-electron chi connectivity index (χ2n) is 6.64. The van der Waals surface area contributed by atoms with Crippen LogP contribution >= 0.6 is 11.8 Å². The van der Waals surface area contributed by atoms with E-state index in [1.165, 1.54) is 43.7 Å². The fourth-order valence-electron chi connectivity index (χ4n) is 2.58. The molecule has 6 N–H and O–H groups in total. The van der Waals surface area contributed by atoms with Gasteiger partial charge in [0.15, 0.2) is 11.6 Å². The molecule has 0 atom stereocenters. The summed E-state index contributed by atoms with van der Waals surface area (Å²) < 4.78 is 34.4. The Bertz CT molecular complexity index is 940. The number of thioether (sulfide) groups is 1. The van der Waals surface area contributed by atoms with E-state index in [0.717, 1.165) is 0 Å². The molecule has 160 valence electrons. The molecule has 1 aliphatic heterocycles. The molecule has 1 aliphatic rings. The van der Waals surface area contributed by atoms with Gasteiger partial charge in [0, 0.05) is 11.6 Å².